The standard InChI is InChI=1S/C21H24FN3O2.ClH/c1-14-5-6-15(11-19(14)22)13-24-20(26)16-7-9-25(10-8-16)21(27)17-3-2-4-18(23)12-17;/h2-6,11-12,16H,7-10,13,23H2,1H3,(H,24,26);1H. The van der Waals surface area contributed by atoms with Crippen molar-refractivity contribution < 1.29 is 14.0 Å². The molecule has 0 atom stereocenters. The maximum atomic E-state index is 13.6. The zero-order valence-corrected chi connectivity index (χ0v) is 16.6. The van der Waals surface area contributed by atoms with Gasteiger partial charge in [-0.15, -0.1) is 12.4 Å². The number of anilines is 1. The van der Waals surface area contributed by atoms with Crippen molar-refractivity contribution in [1.82, 2.24) is 10.2 Å². The number of amides is 2. The summed E-state index contributed by atoms with van der Waals surface area (Å²) in [4.78, 5) is 26.7. The number of nitrogens with one attached hydrogen (secondary N) is 1. The predicted octanol–water partition coefficient (Wildman–Crippen LogP) is 3.31. The minimum Gasteiger partial charge on any atom is -0.399 e. The largest absolute Gasteiger partial charge is 0.399 e. The number of benzene rings is 2. The molecule has 3 rings (SSSR count). The molecule has 28 heavy (non-hydrogen) atoms. The highest BCUT2D eigenvalue weighted by atomic mass is 35.5. The van der Waals surface area contributed by atoms with E-state index in [1.165, 1.54) is 6.07 Å². The van der Waals surface area contributed by atoms with E-state index in [0.29, 0.717) is 49.3 Å². The Kier molecular flexibility index (Phi) is 7.40. The molecule has 0 aliphatic carbocycles. The molecule has 0 bridgehead atoms. The van der Waals surface area contributed by atoms with E-state index >= 15 is 0 Å². The Morgan fingerprint density at radius 3 is 2.54 bits per heavy atom. The molecule has 5 nitrogen and oxygen atoms in total. The lowest BCUT2D eigenvalue weighted by Crippen LogP contribution is -2.42. The summed E-state index contributed by atoms with van der Waals surface area (Å²) in [5.74, 6) is -0.511. The van der Waals surface area contributed by atoms with Gasteiger partial charge in [0.25, 0.3) is 5.91 Å². The highest BCUT2D eigenvalue weighted by molar-refractivity contribution is 5.95. The van der Waals surface area contributed by atoms with Crippen molar-refractivity contribution in [3.05, 3.63) is 65.0 Å². The Balaban J connectivity index is 0.00000280. The number of hydrogen-bond acceptors (Lipinski definition) is 3. The van der Waals surface area contributed by atoms with Gasteiger partial charge in [-0.25, -0.2) is 4.39 Å². The van der Waals surface area contributed by atoms with E-state index < -0.39 is 0 Å². The van der Waals surface area contributed by atoms with Crippen LogP contribution in [0.15, 0.2) is 42.5 Å². The molecule has 1 fully saturated rings. The second-order valence-electron chi connectivity index (χ2n) is 6.99. The van der Waals surface area contributed by atoms with Gasteiger partial charge in [0.2, 0.25) is 5.91 Å². The van der Waals surface area contributed by atoms with Crippen molar-refractivity contribution in [3.63, 3.8) is 0 Å². The van der Waals surface area contributed by atoms with Crippen molar-refractivity contribution in [3.8, 4) is 0 Å². The molecule has 1 saturated heterocycles. The topological polar surface area (TPSA) is 75.4 Å². The molecule has 1 aliphatic heterocycles. The van der Waals surface area contributed by atoms with E-state index in [0.717, 1.165) is 5.56 Å². The lowest BCUT2D eigenvalue weighted by molar-refractivity contribution is -0.126. The SMILES string of the molecule is Cc1ccc(CNC(=O)C2CCN(C(=O)c3cccc(N)c3)CC2)cc1F.Cl. The molecule has 2 aromatic rings. The Bertz CT molecular complexity index is 851. The molecule has 1 heterocycles. The number of carbonyl (C=O) groups excluding carboxylic acids is 2. The quantitative estimate of drug-likeness (QED) is 0.766. The normalized spacial score (nSPS) is 14.3. The Labute approximate surface area is 170 Å². The first-order valence-electron chi connectivity index (χ1n) is 9.11. The van der Waals surface area contributed by atoms with Crippen LogP contribution < -0.4 is 11.1 Å². The van der Waals surface area contributed by atoms with Gasteiger partial charge in [-0.1, -0.05) is 18.2 Å². The van der Waals surface area contributed by atoms with Crippen molar-refractivity contribution in [2.24, 2.45) is 5.92 Å². The third-order valence-electron chi connectivity index (χ3n) is 4.99. The molecule has 3 N–H and O–H groups in total. The van der Waals surface area contributed by atoms with E-state index in [1.807, 2.05) is 6.07 Å². The highest BCUT2D eigenvalue weighted by Crippen LogP contribution is 2.20. The number of rotatable bonds is 4. The zero-order valence-electron chi connectivity index (χ0n) is 15.8. The first-order chi connectivity index (χ1) is 12.9. The van der Waals surface area contributed by atoms with Gasteiger partial charge >= 0.3 is 0 Å². The number of piperidine rings is 1. The van der Waals surface area contributed by atoms with E-state index in [9.17, 15) is 14.0 Å². The van der Waals surface area contributed by atoms with Crippen molar-refractivity contribution in [1.29, 1.82) is 0 Å². The van der Waals surface area contributed by atoms with Gasteiger partial charge in [0.15, 0.2) is 0 Å². The smallest absolute Gasteiger partial charge is 0.253 e. The predicted molar refractivity (Wildman–Crippen MR) is 110 cm³/mol. The fraction of sp³-hybridized carbons (Fsp3) is 0.333. The van der Waals surface area contributed by atoms with Crippen LogP contribution >= 0.6 is 12.4 Å². The lowest BCUT2D eigenvalue weighted by Gasteiger charge is -2.31. The van der Waals surface area contributed by atoms with Gasteiger partial charge in [-0.2, -0.15) is 0 Å². The van der Waals surface area contributed by atoms with Crippen molar-refractivity contribution in [2.45, 2.75) is 26.3 Å². The number of aryl methyl sites for hydroxylation is 1. The van der Waals surface area contributed by atoms with Gasteiger partial charge in [-0.05, 0) is 55.2 Å². The monoisotopic (exact) mass is 405 g/mol. The summed E-state index contributed by atoms with van der Waals surface area (Å²) in [5.41, 5.74) is 8.19. The number of nitrogen functional groups attached to an aromatic ring is 1. The molecule has 0 saturated carbocycles. The molecule has 2 amide bonds. The molecule has 150 valence electrons. The molecular weight excluding hydrogens is 381 g/mol. The van der Waals surface area contributed by atoms with Crippen molar-refractivity contribution >= 4 is 29.9 Å². The van der Waals surface area contributed by atoms with E-state index in [1.54, 1.807) is 42.2 Å². The molecule has 1 aliphatic rings. The van der Waals surface area contributed by atoms with Crippen molar-refractivity contribution in [2.75, 3.05) is 18.8 Å². The summed E-state index contributed by atoms with van der Waals surface area (Å²) in [6.45, 7) is 3.07. The second-order valence-corrected chi connectivity index (χ2v) is 6.99. The summed E-state index contributed by atoms with van der Waals surface area (Å²) in [5, 5.41) is 2.87. The van der Waals surface area contributed by atoms with Crippen LogP contribution in [0.2, 0.25) is 0 Å². The minimum absolute atomic E-state index is 0. The summed E-state index contributed by atoms with van der Waals surface area (Å²) in [7, 11) is 0. The second kappa shape index (κ2) is 9.55. The van der Waals surface area contributed by atoms with Crippen LogP contribution in [0, 0.1) is 18.7 Å². The first-order valence-corrected chi connectivity index (χ1v) is 9.11. The summed E-state index contributed by atoms with van der Waals surface area (Å²) in [6.07, 6.45) is 1.23. The van der Waals surface area contributed by atoms with Crippen LogP contribution in [0.3, 0.4) is 0 Å². The third-order valence-corrected chi connectivity index (χ3v) is 4.99. The van der Waals surface area contributed by atoms with Crippen LogP contribution in [-0.2, 0) is 11.3 Å². The van der Waals surface area contributed by atoms with Crippen LogP contribution in [0.25, 0.3) is 0 Å². The Morgan fingerprint density at radius 1 is 1.18 bits per heavy atom. The number of nitrogens with two attached hydrogens (primary N) is 1. The van der Waals surface area contributed by atoms with Crippen LogP contribution in [0.5, 0.6) is 0 Å². The van der Waals surface area contributed by atoms with Crippen LogP contribution in [0.1, 0.15) is 34.3 Å². The number of carbonyl (C=O) groups is 2. The molecule has 0 spiro atoms. The molecule has 0 unspecified atom stereocenters. The average molecular weight is 406 g/mol. The maximum absolute atomic E-state index is 13.6. The van der Waals surface area contributed by atoms with E-state index in [2.05, 4.69) is 5.32 Å². The maximum Gasteiger partial charge on any atom is 0.253 e. The summed E-state index contributed by atoms with van der Waals surface area (Å²) < 4.78 is 13.6. The van der Waals surface area contributed by atoms with E-state index in [-0.39, 0.29) is 36.0 Å². The third kappa shape index (κ3) is 5.23. The number of halogens is 2. The Morgan fingerprint density at radius 2 is 1.89 bits per heavy atom. The minimum atomic E-state index is -0.268. The van der Waals surface area contributed by atoms with Gasteiger partial charge in [0.05, 0.1) is 0 Å². The summed E-state index contributed by atoms with van der Waals surface area (Å²) >= 11 is 0. The lowest BCUT2D eigenvalue weighted by atomic mass is 9.95. The van der Waals surface area contributed by atoms with E-state index in [4.69, 9.17) is 5.73 Å². The molecule has 7 heteroatoms. The fourth-order valence-corrected chi connectivity index (χ4v) is 3.28. The molecular formula is C21H25ClFN3O2. The molecule has 0 aromatic heterocycles. The highest BCUT2D eigenvalue weighted by Gasteiger charge is 2.27. The molecule has 2 aromatic carbocycles. The van der Waals surface area contributed by atoms with Gasteiger partial charge < -0.3 is 16.0 Å². The average Bonchev–Trinajstić information content (AvgIpc) is 2.68. The van der Waals surface area contributed by atoms with Gasteiger partial charge in [-0.3, -0.25) is 9.59 Å². The van der Waals surface area contributed by atoms with Gasteiger partial charge in [0.1, 0.15) is 5.82 Å². The number of nitrogens with zero attached hydrogens (tertiary/aromatic N) is 1. The Hall–Kier alpha value is -2.60. The van der Waals surface area contributed by atoms with Crippen LogP contribution in [0.4, 0.5) is 10.1 Å². The fourth-order valence-electron chi connectivity index (χ4n) is 3.28. The number of hydrogen-bond donors (Lipinski definition) is 2. The zero-order chi connectivity index (χ0) is 19.4. The summed E-state index contributed by atoms with van der Waals surface area (Å²) in [6, 6.07) is 11.9. The van der Waals surface area contributed by atoms with Gasteiger partial charge in [0, 0.05) is 36.8 Å². The molecule has 0 radical (unpaired) electrons. The number of likely N-dealkylation sites (tertiary alicyclic amines) is 1. The van der Waals surface area contributed by atoms with Crippen LogP contribution in [-0.4, -0.2) is 29.8 Å². The first kappa shape index (κ1) is 21.7.